The highest BCUT2D eigenvalue weighted by atomic mass is 19.4. The molecule has 1 saturated heterocycles. The molecule has 3 aromatic rings. The molecule has 0 bridgehead atoms. The zero-order valence-electron chi connectivity index (χ0n) is 23.4. The highest BCUT2D eigenvalue weighted by Crippen LogP contribution is 2.38. The van der Waals surface area contributed by atoms with Crippen LogP contribution in [0.2, 0.25) is 0 Å². The van der Waals surface area contributed by atoms with Crippen molar-refractivity contribution in [2.24, 2.45) is 4.99 Å². The lowest BCUT2D eigenvalue weighted by Gasteiger charge is -2.38. The number of aliphatic hydroxyl groups is 1. The van der Waals surface area contributed by atoms with Gasteiger partial charge in [0.25, 0.3) is 11.5 Å². The van der Waals surface area contributed by atoms with Gasteiger partial charge < -0.3 is 20.6 Å². The Morgan fingerprint density at radius 2 is 1.84 bits per heavy atom. The van der Waals surface area contributed by atoms with E-state index < -0.39 is 64.4 Å². The summed E-state index contributed by atoms with van der Waals surface area (Å²) in [5.41, 5.74) is -3.90. The fourth-order valence-corrected chi connectivity index (χ4v) is 4.91. The number of carbonyl (C=O) groups excluding carboxylic acids is 1. The minimum absolute atomic E-state index is 0.0321. The number of aliphatic hydroxyl groups excluding tert-OH is 1. The Balaban J connectivity index is 1.33. The summed E-state index contributed by atoms with van der Waals surface area (Å²) in [4.78, 5) is 41.7. The number of nitrogens with one attached hydrogen (secondary N) is 2. The number of β-amino-alcohol motifs (C(OH)–C–C–N with tert-alkyl or cyclic N) is 1. The van der Waals surface area contributed by atoms with E-state index in [2.05, 4.69) is 25.3 Å². The SMILES string of the molecule is C[C@@H](CCCn1cnc2cc(-c3ncc(C(F)(F)F)c(N4CC(O)C4)n3)c(F)cc2c1=O)NC1=C(C(F)(F)F)C(=O)NCN=C1. The third-order valence-corrected chi connectivity index (χ3v) is 7.16. The second kappa shape index (κ2) is 12.1. The van der Waals surface area contributed by atoms with E-state index in [0.29, 0.717) is 6.20 Å². The molecule has 0 saturated carbocycles. The van der Waals surface area contributed by atoms with Gasteiger partial charge in [-0.1, -0.05) is 0 Å². The summed E-state index contributed by atoms with van der Waals surface area (Å²) < 4.78 is 97.4. The summed E-state index contributed by atoms with van der Waals surface area (Å²) in [6, 6.07) is 1.47. The van der Waals surface area contributed by atoms with Crippen LogP contribution >= 0.6 is 0 Å². The number of hydrogen-bond donors (Lipinski definition) is 3. The maximum absolute atomic E-state index is 15.2. The van der Waals surface area contributed by atoms with Crippen molar-refractivity contribution in [1.29, 1.82) is 0 Å². The van der Waals surface area contributed by atoms with Crippen molar-refractivity contribution in [3.8, 4) is 11.4 Å². The number of aryl methyl sites for hydroxylation is 1. The molecule has 2 aromatic heterocycles. The molecule has 0 radical (unpaired) electrons. The van der Waals surface area contributed by atoms with Crippen LogP contribution in [0.25, 0.3) is 22.3 Å². The van der Waals surface area contributed by atoms with Crippen LogP contribution in [0.5, 0.6) is 0 Å². The highest BCUT2D eigenvalue weighted by molar-refractivity contribution is 6.01. The maximum atomic E-state index is 15.2. The largest absolute Gasteiger partial charge is 0.423 e. The highest BCUT2D eigenvalue weighted by Gasteiger charge is 2.42. The number of amides is 1. The first kappa shape index (κ1) is 31.8. The smallest absolute Gasteiger partial charge is 0.389 e. The summed E-state index contributed by atoms with van der Waals surface area (Å²) in [6.07, 6.45) is -7.32. The number of allylic oxidation sites excluding steroid dienone is 1. The number of fused-ring (bicyclic) bond motifs is 1. The number of alkyl halides is 6. The first-order chi connectivity index (χ1) is 21.1. The zero-order chi connectivity index (χ0) is 32.7. The predicted molar refractivity (Wildman–Crippen MR) is 147 cm³/mol. The van der Waals surface area contributed by atoms with E-state index in [-0.39, 0.29) is 61.4 Å². The van der Waals surface area contributed by atoms with Gasteiger partial charge in [0.05, 0.1) is 34.6 Å². The molecule has 240 valence electrons. The number of halogens is 7. The van der Waals surface area contributed by atoms with Gasteiger partial charge in [-0.3, -0.25) is 19.1 Å². The van der Waals surface area contributed by atoms with Crippen LogP contribution < -0.4 is 21.1 Å². The molecule has 0 unspecified atom stereocenters. The fourth-order valence-electron chi connectivity index (χ4n) is 4.91. The Hall–Kier alpha value is -4.61. The molecule has 1 atom stereocenters. The first-order valence-electron chi connectivity index (χ1n) is 13.6. The van der Waals surface area contributed by atoms with Crippen LogP contribution in [0.4, 0.5) is 36.6 Å². The molecular formula is C27H25F7N8O3. The van der Waals surface area contributed by atoms with Gasteiger partial charge >= 0.3 is 12.4 Å². The van der Waals surface area contributed by atoms with Crippen molar-refractivity contribution in [3.05, 3.63) is 57.7 Å². The molecule has 2 aliphatic rings. The van der Waals surface area contributed by atoms with E-state index in [1.807, 2.05) is 5.32 Å². The van der Waals surface area contributed by atoms with Crippen LogP contribution in [-0.2, 0) is 17.5 Å². The number of rotatable bonds is 8. The standard InChI is InChI=1S/C27H25F7N8O3/c1-13(39-20-8-35-11-37-24(44)21(20)27(32,33)34)3-2-4-41-12-38-19-6-15(18(28)5-16(19)25(41)45)22-36-7-17(26(29,30)31)23(40-22)42-9-14(43)10-42/h5-8,12-14,39,43H,2-4,9-11H2,1H3,(H,37,44)/t13-/m0/s1. The zero-order valence-corrected chi connectivity index (χ0v) is 23.4. The molecule has 0 spiro atoms. The second-order valence-corrected chi connectivity index (χ2v) is 10.5. The molecule has 1 amide bonds. The summed E-state index contributed by atoms with van der Waals surface area (Å²) in [5, 5.41) is 14.1. The predicted octanol–water partition coefficient (Wildman–Crippen LogP) is 2.93. The fraction of sp³-hybridized carbons (Fsp3) is 0.407. The average Bonchev–Trinajstić information content (AvgIpc) is 3.12. The average molecular weight is 643 g/mol. The summed E-state index contributed by atoms with van der Waals surface area (Å²) >= 11 is 0. The molecule has 2 aliphatic heterocycles. The Bertz CT molecular complexity index is 1750. The number of hydrogen-bond acceptors (Lipinski definition) is 9. The number of aliphatic imine (C=N–C) groups is 1. The van der Waals surface area contributed by atoms with Gasteiger partial charge in [0, 0.05) is 38.1 Å². The third-order valence-electron chi connectivity index (χ3n) is 7.16. The van der Waals surface area contributed by atoms with E-state index in [4.69, 9.17) is 0 Å². The van der Waals surface area contributed by atoms with Gasteiger partial charge in [-0.05, 0) is 31.9 Å². The summed E-state index contributed by atoms with van der Waals surface area (Å²) in [5.74, 6) is -3.16. The minimum Gasteiger partial charge on any atom is -0.389 e. The number of nitrogens with zero attached hydrogens (tertiary/aromatic N) is 6. The van der Waals surface area contributed by atoms with Crippen molar-refractivity contribution in [1.82, 2.24) is 30.2 Å². The number of aromatic nitrogens is 4. The lowest BCUT2D eigenvalue weighted by molar-refractivity contribution is -0.137. The Morgan fingerprint density at radius 3 is 2.51 bits per heavy atom. The molecule has 3 N–H and O–H groups in total. The third kappa shape index (κ3) is 6.74. The Morgan fingerprint density at radius 1 is 1.11 bits per heavy atom. The topological polar surface area (TPSA) is 138 Å². The van der Waals surface area contributed by atoms with Gasteiger partial charge in [-0.25, -0.2) is 19.3 Å². The van der Waals surface area contributed by atoms with Crippen molar-refractivity contribution in [2.75, 3.05) is 24.7 Å². The van der Waals surface area contributed by atoms with Crippen molar-refractivity contribution in [3.63, 3.8) is 0 Å². The van der Waals surface area contributed by atoms with E-state index in [1.54, 1.807) is 6.92 Å². The monoisotopic (exact) mass is 642 g/mol. The van der Waals surface area contributed by atoms with Crippen LogP contribution in [0.3, 0.4) is 0 Å². The number of carbonyl (C=O) groups is 1. The lowest BCUT2D eigenvalue weighted by Crippen LogP contribution is -2.51. The molecule has 45 heavy (non-hydrogen) atoms. The second-order valence-electron chi connectivity index (χ2n) is 10.5. The van der Waals surface area contributed by atoms with Crippen molar-refractivity contribution in [2.45, 2.75) is 50.8 Å². The van der Waals surface area contributed by atoms with E-state index in [1.165, 1.54) is 15.8 Å². The molecule has 1 fully saturated rings. The van der Waals surface area contributed by atoms with Gasteiger partial charge in [0.1, 0.15) is 29.4 Å². The van der Waals surface area contributed by atoms with Crippen molar-refractivity contribution >= 4 is 28.8 Å². The van der Waals surface area contributed by atoms with Crippen molar-refractivity contribution < 1.29 is 40.6 Å². The minimum atomic E-state index is -4.92. The molecule has 11 nitrogen and oxygen atoms in total. The number of benzene rings is 1. The van der Waals surface area contributed by atoms with E-state index in [9.17, 15) is 41.0 Å². The molecule has 0 aliphatic carbocycles. The van der Waals surface area contributed by atoms with Crippen LogP contribution in [0.15, 0.2) is 45.7 Å². The molecule has 5 rings (SSSR count). The van der Waals surface area contributed by atoms with Gasteiger partial charge in [-0.2, -0.15) is 26.3 Å². The first-order valence-corrected chi connectivity index (χ1v) is 13.6. The van der Waals surface area contributed by atoms with Crippen LogP contribution in [0, 0.1) is 5.82 Å². The van der Waals surface area contributed by atoms with E-state index in [0.717, 1.165) is 18.3 Å². The molecule has 4 heterocycles. The molecular weight excluding hydrogens is 617 g/mol. The number of anilines is 1. The lowest BCUT2D eigenvalue weighted by atomic mass is 10.1. The Labute approximate surface area is 249 Å². The van der Waals surface area contributed by atoms with Crippen LogP contribution in [-0.4, -0.2) is 74.8 Å². The molecule has 1 aromatic carbocycles. The van der Waals surface area contributed by atoms with Gasteiger partial charge in [0.2, 0.25) is 0 Å². The quantitative estimate of drug-likeness (QED) is 0.319. The van der Waals surface area contributed by atoms with E-state index >= 15 is 4.39 Å². The maximum Gasteiger partial charge on any atom is 0.423 e. The summed E-state index contributed by atoms with van der Waals surface area (Å²) in [6.45, 7) is 1.18. The van der Waals surface area contributed by atoms with Gasteiger partial charge in [-0.15, -0.1) is 0 Å². The molecule has 18 heteroatoms. The summed E-state index contributed by atoms with van der Waals surface area (Å²) in [7, 11) is 0. The van der Waals surface area contributed by atoms with Gasteiger partial charge in [0.15, 0.2) is 5.82 Å². The van der Waals surface area contributed by atoms with Crippen LogP contribution in [0.1, 0.15) is 25.3 Å². The Kier molecular flexibility index (Phi) is 8.52. The normalized spacial score (nSPS) is 16.9.